The van der Waals surface area contributed by atoms with Crippen molar-refractivity contribution in [3.05, 3.63) is 53.6 Å². The molecular weight excluding hydrogens is 366 g/mol. The van der Waals surface area contributed by atoms with Gasteiger partial charge >= 0.3 is 5.97 Å². The average molecular weight is 389 g/mol. The number of likely N-dealkylation sites (N-methyl/N-ethyl adjacent to an activating group) is 1. The lowest BCUT2D eigenvalue weighted by Gasteiger charge is -2.18. The number of benzene rings is 2. The van der Waals surface area contributed by atoms with Crippen molar-refractivity contribution < 1.29 is 23.8 Å². The van der Waals surface area contributed by atoms with Gasteiger partial charge in [0.2, 0.25) is 0 Å². The molecule has 0 saturated carbocycles. The number of amides is 1. The summed E-state index contributed by atoms with van der Waals surface area (Å²) in [5.41, 5.74) is 1.21. The van der Waals surface area contributed by atoms with Crippen LogP contribution >= 0.6 is 11.8 Å². The summed E-state index contributed by atoms with van der Waals surface area (Å²) in [5.74, 6) is -0.236. The Hall–Kier alpha value is -2.67. The molecule has 0 N–H and O–H groups in total. The lowest BCUT2D eigenvalue weighted by Crippen LogP contribution is -2.30. The van der Waals surface area contributed by atoms with E-state index < -0.39 is 5.97 Å². The van der Waals surface area contributed by atoms with E-state index in [0.29, 0.717) is 12.3 Å². The van der Waals surface area contributed by atoms with Gasteiger partial charge in [0.15, 0.2) is 18.1 Å². The van der Waals surface area contributed by atoms with E-state index in [1.807, 2.05) is 30.5 Å². The molecule has 0 spiro atoms. The fourth-order valence-corrected chi connectivity index (χ4v) is 2.86. The fourth-order valence-electron chi connectivity index (χ4n) is 2.46. The zero-order valence-electron chi connectivity index (χ0n) is 15.9. The fraction of sp³-hybridized carbons (Fsp3) is 0.300. The van der Waals surface area contributed by atoms with E-state index in [1.165, 1.54) is 19.1 Å². The summed E-state index contributed by atoms with van der Waals surface area (Å²) < 4.78 is 15.5. The number of ether oxygens (including phenoxy) is 3. The van der Waals surface area contributed by atoms with Crippen molar-refractivity contribution in [2.24, 2.45) is 0 Å². The van der Waals surface area contributed by atoms with Gasteiger partial charge in [0.1, 0.15) is 5.56 Å². The van der Waals surface area contributed by atoms with E-state index in [2.05, 4.69) is 0 Å². The minimum absolute atomic E-state index is 0.208. The van der Waals surface area contributed by atoms with Gasteiger partial charge < -0.3 is 19.1 Å². The van der Waals surface area contributed by atoms with Gasteiger partial charge in [-0.3, -0.25) is 4.79 Å². The van der Waals surface area contributed by atoms with E-state index in [9.17, 15) is 9.59 Å². The first-order valence-corrected chi connectivity index (χ1v) is 9.47. The maximum absolute atomic E-state index is 12.3. The Bertz CT molecular complexity index is 791. The summed E-state index contributed by atoms with van der Waals surface area (Å²) in [6.45, 7) is 0.0894. The second-order valence-electron chi connectivity index (χ2n) is 5.72. The summed E-state index contributed by atoms with van der Waals surface area (Å²) in [4.78, 5) is 27.3. The molecule has 6 nitrogen and oxygen atoms in total. The van der Waals surface area contributed by atoms with Crippen LogP contribution in [0.4, 0.5) is 0 Å². The number of esters is 1. The van der Waals surface area contributed by atoms with Crippen LogP contribution in [0, 0.1) is 0 Å². The maximum Gasteiger partial charge on any atom is 0.342 e. The van der Waals surface area contributed by atoms with Crippen LogP contribution in [0.25, 0.3) is 0 Å². The molecule has 1 amide bonds. The quantitative estimate of drug-likeness (QED) is 0.510. The number of methoxy groups -OCH3 is 2. The van der Waals surface area contributed by atoms with Gasteiger partial charge in [0, 0.05) is 18.5 Å². The topological polar surface area (TPSA) is 65.1 Å². The number of hydrogen-bond donors (Lipinski definition) is 0. The van der Waals surface area contributed by atoms with Gasteiger partial charge in [0.25, 0.3) is 5.91 Å². The third-order valence-electron chi connectivity index (χ3n) is 3.95. The first-order chi connectivity index (χ1) is 13.0. The lowest BCUT2D eigenvalue weighted by molar-refractivity contribution is -0.133. The van der Waals surface area contributed by atoms with Crippen LogP contribution in [0.3, 0.4) is 0 Å². The largest absolute Gasteiger partial charge is 0.493 e. The standard InChI is InChI=1S/C20H23NO5S/c1-21(12-14-8-10-15(27-4)11-9-14)18(22)13-26-20(23)16-6-5-7-17(24-2)19(16)25-3/h5-11H,12-13H2,1-4H3. The molecule has 0 fully saturated rings. The Morgan fingerprint density at radius 3 is 2.33 bits per heavy atom. The van der Waals surface area contributed by atoms with Crippen molar-refractivity contribution in [3.63, 3.8) is 0 Å². The van der Waals surface area contributed by atoms with Crippen molar-refractivity contribution in [2.75, 3.05) is 34.1 Å². The van der Waals surface area contributed by atoms with Gasteiger partial charge in [-0.1, -0.05) is 18.2 Å². The molecule has 2 aromatic rings. The molecule has 27 heavy (non-hydrogen) atoms. The number of thioether (sulfide) groups is 1. The number of hydrogen-bond acceptors (Lipinski definition) is 6. The van der Waals surface area contributed by atoms with Crippen molar-refractivity contribution in [1.29, 1.82) is 0 Å². The third-order valence-corrected chi connectivity index (χ3v) is 4.70. The van der Waals surface area contributed by atoms with E-state index in [1.54, 1.807) is 37.0 Å². The SMILES string of the molecule is COc1cccc(C(=O)OCC(=O)N(C)Cc2ccc(SC)cc2)c1OC. The highest BCUT2D eigenvalue weighted by molar-refractivity contribution is 7.98. The van der Waals surface area contributed by atoms with Gasteiger partial charge in [0.05, 0.1) is 14.2 Å². The molecule has 0 aliphatic carbocycles. The first kappa shape index (κ1) is 20.6. The van der Waals surface area contributed by atoms with E-state index in [-0.39, 0.29) is 23.8 Å². The van der Waals surface area contributed by atoms with Gasteiger partial charge in [-0.05, 0) is 36.1 Å². The van der Waals surface area contributed by atoms with Crippen molar-refractivity contribution in [2.45, 2.75) is 11.4 Å². The Labute approximate surface area is 163 Å². The lowest BCUT2D eigenvalue weighted by atomic mass is 10.2. The Kier molecular flexibility index (Phi) is 7.55. The molecule has 0 heterocycles. The smallest absolute Gasteiger partial charge is 0.342 e. The number of rotatable bonds is 8. The molecule has 0 atom stereocenters. The third kappa shape index (κ3) is 5.40. The van der Waals surface area contributed by atoms with Crippen LogP contribution < -0.4 is 9.47 Å². The summed E-state index contributed by atoms with van der Waals surface area (Å²) >= 11 is 1.66. The molecule has 0 aromatic heterocycles. The molecule has 0 aliphatic rings. The molecule has 144 valence electrons. The van der Waals surface area contributed by atoms with Gasteiger partial charge in [-0.25, -0.2) is 4.79 Å². The predicted molar refractivity (Wildman–Crippen MR) is 105 cm³/mol. The monoisotopic (exact) mass is 389 g/mol. The molecule has 0 saturated heterocycles. The predicted octanol–water partition coefficient (Wildman–Crippen LogP) is 3.24. The summed E-state index contributed by atoms with van der Waals surface area (Å²) in [7, 11) is 4.60. The van der Waals surface area contributed by atoms with Crippen LogP contribution in [0.5, 0.6) is 11.5 Å². The summed E-state index contributed by atoms with van der Waals surface area (Å²) in [6, 6.07) is 12.9. The molecular formula is C20H23NO5S. The van der Waals surface area contributed by atoms with Gasteiger partial charge in [-0.15, -0.1) is 11.8 Å². The zero-order chi connectivity index (χ0) is 19.8. The van der Waals surface area contributed by atoms with Crippen molar-refractivity contribution >= 4 is 23.6 Å². The van der Waals surface area contributed by atoms with Gasteiger partial charge in [-0.2, -0.15) is 0 Å². The Balaban J connectivity index is 1.95. The molecule has 0 bridgehead atoms. The highest BCUT2D eigenvalue weighted by Crippen LogP contribution is 2.31. The van der Waals surface area contributed by atoms with Crippen LogP contribution in [-0.4, -0.2) is 50.9 Å². The van der Waals surface area contributed by atoms with Crippen LogP contribution in [0.2, 0.25) is 0 Å². The highest BCUT2D eigenvalue weighted by atomic mass is 32.2. The molecule has 2 aromatic carbocycles. The van der Waals surface area contributed by atoms with E-state index in [4.69, 9.17) is 14.2 Å². The average Bonchev–Trinajstić information content (AvgIpc) is 2.71. The maximum atomic E-state index is 12.3. The van der Waals surface area contributed by atoms with E-state index >= 15 is 0 Å². The minimum Gasteiger partial charge on any atom is -0.493 e. The Morgan fingerprint density at radius 2 is 1.74 bits per heavy atom. The van der Waals surface area contributed by atoms with Crippen molar-refractivity contribution in [3.8, 4) is 11.5 Å². The van der Waals surface area contributed by atoms with Crippen LogP contribution in [0.15, 0.2) is 47.4 Å². The molecule has 0 unspecified atom stereocenters. The second-order valence-corrected chi connectivity index (χ2v) is 6.59. The summed E-state index contributed by atoms with van der Waals surface area (Å²) in [5, 5.41) is 0. The normalized spacial score (nSPS) is 10.2. The number of para-hydroxylation sites is 1. The van der Waals surface area contributed by atoms with Crippen molar-refractivity contribution in [1.82, 2.24) is 4.90 Å². The summed E-state index contributed by atoms with van der Waals surface area (Å²) in [6.07, 6.45) is 2.01. The number of nitrogens with zero attached hydrogens (tertiary/aromatic N) is 1. The van der Waals surface area contributed by atoms with Crippen LogP contribution in [0.1, 0.15) is 15.9 Å². The highest BCUT2D eigenvalue weighted by Gasteiger charge is 2.19. The molecule has 0 aliphatic heterocycles. The molecule has 0 radical (unpaired) electrons. The molecule has 2 rings (SSSR count). The zero-order valence-corrected chi connectivity index (χ0v) is 16.7. The minimum atomic E-state index is -0.642. The number of carbonyl (C=O) groups is 2. The molecule has 7 heteroatoms. The number of carbonyl (C=O) groups excluding carboxylic acids is 2. The van der Waals surface area contributed by atoms with E-state index in [0.717, 1.165) is 10.5 Å². The Morgan fingerprint density at radius 1 is 1.04 bits per heavy atom. The first-order valence-electron chi connectivity index (χ1n) is 8.25. The van der Waals surface area contributed by atoms with Crippen LogP contribution in [-0.2, 0) is 16.1 Å². The second kappa shape index (κ2) is 9.87.